The lowest BCUT2D eigenvalue weighted by atomic mass is 10.1. The van der Waals surface area contributed by atoms with Crippen molar-refractivity contribution in [1.82, 2.24) is 9.97 Å². The Kier molecular flexibility index (Phi) is 6.05. The van der Waals surface area contributed by atoms with Crippen LogP contribution in [0.5, 0.6) is 5.88 Å². The molecule has 0 spiro atoms. The minimum Gasteiger partial charge on any atom is -0.473 e. The second-order valence-corrected chi connectivity index (χ2v) is 6.76. The molecule has 1 aromatic heterocycles. The van der Waals surface area contributed by atoms with Crippen LogP contribution in [0.4, 0.5) is 13.2 Å². The molecule has 1 N–H and O–H groups in total. The van der Waals surface area contributed by atoms with Gasteiger partial charge in [-0.15, -0.1) is 0 Å². The van der Waals surface area contributed by atoms with E-state index in [1.807, 2.05) is 30.3 Å². The Hall–Kier alpha value is -2.78. The van der Waals surface area contributed by atoms with E-state index in [1.165, 1.54) is 18.2 Å². The molecule has 0 aliphatic carbocycles. The molecule has 0 fully saturated rings. The number of aromatic nitrogens is 2. The van der Waals surface area contributed by atoms with Crippen LogP contribution in [-0.2, 0) is 29.6 Å². The molecule has 3 rings (SSSR count). The van der Waals surface area contributed by atoms with E-state index in [2.05, 4.69) is 9.97 Å². The number of hydrogen-bond acceptors (Lipinski definition) is 4. The van der Waals surface area contributed by atoms with Crippen LogP contribution < -0.4 is 4.74 Å². The van der Waals surface area contributed by atoms with Crippen LogP contribution in [0.3, 0.4) is 0 Å². The maximum Gasteiger partial charge on any atom is 0.416 e. The van der Waals surface area contributed by atoms with Crippen molar-refractivity contribution in [2.45, 2.75) is 18.5 Å². The van der Waals surface area contributed by atoms with Gasteiger partial charge in [0.15, 0.2) is 11.1 Å². The maximum absolute atomic E-state index is 13.0. The Morgan fingerprint density at radius 3 is 2.43 bits per heavy atom. The molecule has 0 aliphatic rings. The topological polar surface area (TPSA) is 72.3 Å². The van der Waals surface area contributed by atoms with E-state index >= 15 is 0 Å². The van der Waals surface area contributed by atoms with Crippen molar-refractivity contribution in [3.63, 3.8) is 0 Å². The van der Waals surface area contributed by atoms with Gasteiger partial charge in [-0.2, -0.15) is 18.2 Å². The van der Waals surface area contributed by atoms with E-state index < -0.39 is 22.8 Å². The van der Waals surface area contributed by atoms with Crippen molar-refractivity contribution in [3.8, 4) is 17.1 Å². The molecule has 1 atom stereocenters. The van der Waals surface area contributed by atoms with E-state index in [9.17, 15) is 17.4 Å². The number of hydrogen-bond donors (Lipinski definition) is 1. The minimum absolute atomic E-state index is 0.00110. The van der Waals surface area contributed by atoms with Crippen molar-refractivity contribution in [2.75, 3.05) is 0 Å². The lowest BCUT2D eigenvalue weighted by Crippen LogP contribution is -2.06. The molecule has 2 aromatic carbocycles. The quantitative estimate of drug-likeness (QED) is 0.610. The molecule has 0 saturated carbocycles. The summed E-state index contributed by atoms with van der Waals surface area (Å²) in [5.41, 5.74) is 0.424. The normalized spacial score (nSPS) is 12.6. The monoisotopic (exact) mass is 408 g/mol. The van der Waals surface area contributed by atoms with E-state index in [0.717, 1.165) is 17.7 Å². The molecule has 0 amide bonds. The van der Waals surface area contributed by atoms with Gasteiger partial charge in [-0.25, -0.2) is 9.19 Å². The summed E-state index contributed by atoms with van der Waals surface area (Å²) in [5, 5.41) is 0. The average molecular weight is 408 g/mol. The van der Waals surface area contributed by atoms with Gasteiger partial charge in [-0.05, 0) is 17.7 Å². The molecule has 5 nitrogen and oxygen atoms in total. The van der Waals surface area contributed by atoms with Crippen LogP contribution in [0.1, 0.15) is 17.0 Å². The van der Waals surface area contributed by atoms with E-state index in [0.29, 0.717) is 0 Å². The summed E-state index contributed by atoms with van der Waals surface area (Å²) in [6.45, 7) is 0.182. The van der Waals surface area contributed by atoms with E-state index in [1.54, 1.807) is 0 Å². The predicted molar refractivity (Wildman–Crippen MR) is 97.7 cm³/mol. The van der Waals surface area contributed by atoms with E-state index in [-0.39, 0.29) is 35.3 Å². The highest BCUT2D eigenvalue weighted by atomic mass is 32.2. The van der Waals surface area contributed by atoms with Crippen molar-refractivity contribution >= 4 is 11.1 Å². The molecule has 0 aliphatic heterocycles. The Morgan fingerprint density at radius 2 is 1.75 bits per heavy atom. The molecule has 146 valence electrons. The lowest BCUT2D eigenvalue weighted by molar-refractivity contribution is -0.137. The first-order valence-electron chi connectivity index (χ1n) is 8.11. The third-order valence-corrected chi connectivity index (χ3v) is 4.22. The first-order chi connectivity index (χ1) is 13.3. The van der Waals surface area contributed by atoms with Crippen LogP contribution in [-0.4, -0.2) is 18.7 Å². The van der Waals surface area contributed by atoms with Crippen LogP contribution in [0, 0.1) is 0 Å². The summed E-state index contributed by atoms with van der Waals surface area (Å²) in [4.78, 5) is 8.19. The Balaban J connectivity index is 1.95. The first-order valence-corrected chi connectivity index (χ1v) is 9.38. The van der Waals surface area contributed by atoms with Gasteiger partial charge < -0.3 is 9.29 Å². The van der Waals surface area contributed by atoms with Crippen LogP contribution in [0.2, 0.25) is 0 Å². The van der Waals surface area contributed by atoms with Gasteiger partial charge in [0.05, 0.1) is 11.3 Å². The predicted octanol–water partition coefficient (Wildman–Crippen LogP) is 4.46. The standard InChI is InChI=1S/C19H15F3N2O3S/c20-19(21,22)15-8-4-7-14(9-15)16-10-18(24-17(23-16)12-28(25)26)27-11-13-5-2-1-3-6-13/h1-10H,11-12H2,(H,25,26). The zero-order valence-electron chi connectivity index (χ0n) is 14.4. The summed E-state index contributed by atoms with van der Waals surface area (Å²) < 4.78 is 64.8. The van der Waals surface area contributed by atoms with Crippen LogP contribution >= 0.6 is 0 Å². The summed E-state index contributed by atoms with van der Waals surface area (Å²) in [6.07, 6.45) is -4.49. The smallest absolute Gasteiger partial charge is 0.416 e. The van der Waals surface area contributed by atoms with Gasteiger partial charge in [-0.1, -0.05) is 42.5 Å². The molecule has 3 aromatic rings. The number of ether oxygens (including phenoxy) is 1. The van der Waals surface area contributed by atoms with E-state index in [4.69, 9.17) is 9.29 Å². The molecule has 1 unspecified atom stereocenters. The number of rotatable bonds is 6. The second-order valence-electron chi connectivity index (χ2n) is 5.83. The van der Waals surface area contributed by atoms with Crippen LogP contribution in [0.25, 0.3) is 11.3 Å². The van der Waals surface area contributed by atoms with Crippen molar-refractivity contribution < 1.29 is 26.7 Å². The fourth-order valence-electron chi connectivity index (χ4n) is 2.46. The highest BCUT2D eigenvalue weighted by molar-refractivity contribution is 7.78. The Bertz CT molecular complexity index is 982. The summed E-state index contributed by atoms with van der Waals surface area (Å²) in [7, 11) is 0. The number of halogens is 3. The molecule has 0 radical (unpaired) electrons. The number of benzene rings is 2. The van der Waals surface area contributed by atoms with Gasteiger partial charge >= 0.3 is 6.18 Å². The second kappa shape index (κ2) is 8.49. The van der Waals surface area contributed by atoms with Crippen molar-refractivity contribution in [1.29, 1.82) is 0 Å². The number of nitrogens with zero attached hydrogens (tertiary/aromatic N) is 2. The molecule has 0 saturated heterocycles. The van der Waals surface area contributed by atoms with Gasteiger partial charge in [0, 0.05) is 11.6 Å². The largest absolute Gasteiger partial charge is 0.473 e. The number of alkyl halides is 3. The molecule has 0 bridgehead atoms. The van der Waals surface area contributed by atoms with Gasteiger partial charge in [0.25, 0.3) is 0 Å². The fraction of sp³-hybridized carbons (Fsp3) is 0.158. The molecule has 28 heavy (non-hydrogen) atoms. The molecular weight excluding hydrogens is 393 g/mol. The van der Waals surface area contributed by atoms with Gasteiger partial charge in [0.1, 0.15) is 18.2 Å². The first kappa shape index (κ1) is 20.0. The summed E-state index contributed by atoms with van der Waals surface area (Å²) in [5.74, 6) is -0.264. The average Bonchev–Trinajstić information content (AvgIpc) is 2.66. The molecule has 9 heteroatoms. The zero-order valence-corrected chi connectivity index (χ0v) is 15.2. The highest BCUT2D eigenvalue weighted by Gasteiger charge is 2.30. The zero-order chi connectivity index (χ0) is 20.1. The lowest BCUT2D eigenvalue weighted by Gasteiger charge is -2.11. The van der Waals surface area contributed by atoms with Crippen molar-refractivity contribution in [2.24, 2.45) is 0 Å². The summed E-state index contributed by atoms with van der Waals surface area (Å²) >= 11 is -2.21. The SMILES string of the molecule is O=S(O)Cc1nc(OCc2ccccc2)cc(-c2cccc(C(F)(F)F)c2)n1. The van der Waals surface area contributed by atoms with Crippen molar-refractivity contribution in [3.05, 3.63) is 77.6 Å². The minimum atomic E-state index is -4.49. The summed E-state index contributed by atoms with van der Waals surface area (Å²) in [6, 6.07) is 15.3. The third kappa shape index (κ3) is 5.37. The van der Waals surface area contributed by atoms with Gasteiger partial charge in [0.2, 0.25) is 5.88 Å². The maximum atomic E-state index is 13.0. The Labute approximate surface area is 161 Å². The highest BCUT2D eigenvalue weighted by Crippen LogP contribution is 2.32. The molecular formula is C19H15F3N2O3S. The molecule has 1 heterocycles. The third-order valence-electron chi connectivity index (χ3n) is 3.72. The fourth-order valence-corrected chi connectivity index (χ4v) is 2.81. The van der Waals surface area contributed by atoms with Crippen LogP contribution in [0.15, 0.2) is 60.7 Å². The van der Waals surface area contributed by atoms with Gasteiger partial charge in [-0.3, -0.25) is 0 Å². The Morgan fingerprint density at radius 1 is 1.00 bits per heavy atom.